The second-order valence-corrected chi connectivity index (χ2v) is 7.42. The van der Waals surface area contributed by atoms with Gasteiger partial charge in [0, 0.05) is 28.3 Å². The molecule has 2 aromatic carbocycles. The third-order valence-corrected chi connectivity index (χ3v) is 5.63. The summed E-state index contributed by atoms with van der Waals surface area (Å²) in [5, 5.41) is 21.0. The van der Waals surface area contributed by atoms with Crippen molar-refractivity contribution in [1.29, 1.82) is 0 Å². The van der Waals surface area contributed by atoms with E-state index in [0.29, 0.717) is 16.8 Å². The number of benzene rings is 2. The molecule has 0 bridgehead atoms. The minimum Gasteiger partial charge on any atom is -0.381 e. The van der Waals surface area contributed by atoms with Crippen LogP contribution < -0.4 is 0 Å². The highest BCUT2D eigenvalue weighted by Crippen LogP contribution is 2.38. The van der Waals surface area contributed by atoms with Gasteiger partial charge in [-0.05, 0) is 39.0 Å². The van der Waals surface area contributed by atoms with Gasteiger partial charge in [0.25, 0.3) is 0 Å². The first-order valence-corrected chi connectivity index (χ1v) is 9.36. The molecule has 6 nitrogen and oxygen atoms in total. The van der Waals surface area contributed by atoms with E-state index in [1.807, 2.05) is 0 Å². The number of fused-ring (bicyclic) bond motifs is 1. The highest BCUT2D eigenvalue weighted by Gasteiger charge is 2.41. The van der Waals surface area contributed by atoms with Gasteiger partial charge in [0.2, 0.25) is 0 Å². The van der Waals surface area contributed by atoms with Gasteiger partial charge in [0.1, 0.15) is 35.7 Å². The van der Waals surface area contributed by atoms with Crippen molar-refractivity contribution in [3.63, 3.8) is 0 Å². The summed E-state index contributed by atoms with van der Waals surface area (Å²) in [7, 11) is 0. The Morgan fingerprint density at radius 2 is 1.87 bits per heavy atom. The fourth-order valence-electron chi connectivity index (χ4n) is 3.83. The predicted octanol–water partition coefficient (Wildman–Crippen LogP) is 3.81. The summed E-state index contributed by atoms with van der Waals surface area (Å²) in [6.45, 7) is 4.93. The third kappa shape index (κ3) is 3.15. The van der Waals surface area contributed by atoms with E-state index in [2.05, 4.69) is 15.2 Å². The van der Waals surface area contributed by atoms with E-state index in [4.69, 9.17) is 0 Å². The summed E-state index contributed by atoms with van der Waals surface area (Å²) in [6, 6.07) is 5.20. The van der Waals surface area contributed by atoms with Crippen molar-refractivity contribution >= 4 is 10.9 Å². The number of nitrogens with zero attached hydrogens (tertiary/aromatic N) is 5. The van der Waals surface area contributed by atoms with Crippen molar-refractivity contribution < 1.29 is 18.3 Å². The summed E-state index contributed by atoms with van der Waals surface area (Å²) < 4.78 is 45.2. The summed E-state index contributed by atoms with van der Waals surface area (Å²) >= 11 is 0. The Hall–Kier alpha value is -3.20. The van der Waals surface area contributed by atoms with Gasteiger partial charge < -0.3 is 5.11 Å². The summed E-state index contributed by atoms with van der Waals surface area (Å²) in [5.41, 5.74) is -0.435. The Labute approximate surface area is 170 Å². The molecule has 0 saturated heterocycles. The molecule has 2 atom stereocenters. The van der Waals surface area contributed by atoms with Crippen LogP contribution in [0.1, 0.15) is 29.8 Å². The number of rotatable bonds is 5. The molecule has 2 heterocycles. The fraction of sp³-hybridized carbons (Fsp3) is 0.286. The zero-order chi connectivity index (χ0) is 21.6. The van der Waals surface area contributed by atoms with Crippen molar-refractivity contribution in [2.24, 2.45) is 0 Å². The molecule has 0 aliphatic heterocycles. The summed E-state index contributed by atoms with van der Waals surface area (Å²) in [6.07, 6.45) is 2.69. The van der Waals surface area contributed by atoms with Gasteiger partial charge in [-0.3, -0.25) is 4.68 Å². The van der Waals surface area contributed by atoms with Crippen LogP contribution in [-0.4, -0.2) is 29.7 Å². The molecule has 30 heavy (non-hydrogen) atoms. The van der Waals surface area contributed by atoms with Gasteiger partial charge in [-0.2, -0.15) is 10.2 Å². The van der Waals surface area contributed by atoms with Crippen molar-refractivity contribution in [2.75, 3.05) is 0 Å². The number of aromatic nitrogens is 5. The first-order chi connectivity index (χ1) is 14.2. The van der Waals surface area contributed by atoms with Crippen molar-refractivity contribution in [3.05, 3.63) is 77.3 Å². The molecule has 0 aliphatic carbocycles. The minimum absolute atomic E-state index is 0.103. The standard InChI is InChI=1S/C21H20F3N5O/c1-12-18(23)7-5-16-13(2)29(27-20(12)16)14(3)21(30,9-28-11-25-10-26-28)17-6-4-15(22)8-19(17)24/h4-8,10-11,14,30H,9H2,1-3H3/t14-,21-/m1/s1. The van der Waals surface area contributed by atoms with Gasteiger partial charge in [0.15, 0.2) is 0 Å². The number of aliphatic hydroxyl groups is 1. The van der Waals surface area contributed by atoms with E-state index in [1.165, 1.54) is 34.2 Å². The number of hydrogen-bond acceptors (Lipinski definition) is 4. The van der Waals surface area contributed by atoms with E-state index in [9.17, 15) is 18.3 Å². The Morgan fingerprint density at radius 3 is 2.53 bits per heavy atom. The van der Waals surface area contributed by atoms with Crippen molar-refractivity contribution in [1.82, 2.24) is 24.5 Å². The maximum Gasteiger partial charge on any atom is 0.137 e. The monoisotopic (exact) mass is 415 g/mol. The molecule has 0 aliphatic rings. The zero-order valence-corrected chi connectivity index (χ0v) is 16.6. The van der Waals surface area contributed by atoms with Crippen LogP contribution in [0.2, 0.25) is 0 Å². The molecule has 2 aromatic heterocycles. The van der Waals surface area contributed by atoms with E-state index < -0.39 is 23.3 Å². The third-order valence-electron chi connectivity index (χ3n) is 5.63. The Morgan fingerprint density at radius 1 is 1.10 bits per heavy atom. The van der Waals surface area contributed by atoms with Crippen LogP contribution >= 0.6 is 0 Å². The molecule has 156 valence electrons. The Balaban J connectivity index is 1.90. The van der Waals surface area contributed by atoms with Crippen LogP contribution in [-0.2, 0) is 12.1 Å². The largest absolute Gasteiger partial charge is 0.381 e. The first kappa shape index (κ1) is 20.1. The Kier molecular flexibility index (Phi) is 4.85. The maximum absolute atomic E-state index is 14.7. The SMILES string of the molecule is Cc1c(F)ccc2c(C)n([C@H](C)[C@](O)(Cn3cncn3)c3ccc(F)cc3F)nc12. The molecule has 0 saturated carbocycles. The average Bonchev–Trinajstić information content (AvgIpc) is 3.32. The number of aryl methyl sites for hydroxylation is 2. The number of halogens is 3. The minimum atomic E-state index is -1.86. The van der Waals surface area contributed by atoms with Crippen LogP contribution in [0.4, 0.5) is 13.2 Å². The van der Waals surface area contributed by atoms with Crippen LogP contribution in [0.5, 0.6) is 0 Å². The van der Waals surface area contributed by atoms with Crippen molar-refractivity contribution in [3.8, 4) is 0 Å². The van der Waals surface area contributed by atoms with Gasteiger partial charge >= 0.3 is 0 Å². The van der Waals surface area contributed by atoms with Crippen LogP contribution in [0.15, 0.2) is 43.0 Å². The second-order valence-electron chi connectivity index (χ2n) is 7.42. The lowest BCUT2D eigenvalue weighted by atomic mass is 9.86. The van der Waals surface area contributed by atoms with Crippen LogP contribution in [0, 0.1) is 31.3 Å². The van der Waals surface area contributed by atoms with E-state index in [0.717, 1.165) is 17.5 Å². The quantitative estimate of drug-likeness (QED) is 0.538. The highest BCUT2D eigenvalue weighted by molar-refractivity contribution is 5.84. The Bertz CT molecular complexity index is 1220. The molecule has 0 amide bonds. The lowest BCUT2D eigenvalue weighted by molar-refractivity contribution is -0.0372. The van der Waals surface area contributed by atoms with Gasteiger partial charge in [-0.15, -0.1) is 0 Å². The second kappa shape index (κ2) is 7.24. The fourth-order valence-corrected chi connectivity index (χ4v) is 3.83. The molecular formula is C21H20F3N5O. The van der Waals surface area contributed by atoms with Crippen LogP contribution in [0.25, 0.3) is 10.9 Å². The molecule has 4 aromatic rings. The first-order valence-electron chi connectivity index (χ1n) is 9.36. The van der Waals surface area contributed by atoms with Gasteiger partial charge in [-0.25, -0.2) is 22.8 Å². The molecule has 0 spiro atoms. The molecule has 1 N–H and O–H groups in total. The molecule has 0 fully saturated rings. The zero-order valence-electron chi connectivity index (χ0n) is 16.6. The molecule has 4 rings (SSSR count). The van der Waals surface area contributed by atoms with Gasteiger partial charge in [0.05, 0.1) is 18.1 Å². The summed E-state index contributed by atoms with van der Waals surface area (Å²) in [4.78, 5) is 3.87. The summed E-state index contributed by atoms with van der Waals surface area (Å²) in [5.74, 6) is -2.03. The lowest BCUT2D eigenvalue weighted by Crippen LogP contribution is -2.41. The average molecular weight is 415 g/mol. The van der Waals surface area contributed by atoms with Crippen molar-refractivity contribution in [2.45, 2.75) is 39.0 Å². The van der Waals surface area contributed by atoms with E-state index in [1.54, 1.807) is 26.8 Å². The molecule has 0 radical (unpaired) electrons. The van der Waals surface area contributed by atoms with Crippen LogP contribution in [0.3, 0.4) is 0 Å². The lowest BCUT2D eigenvalue weighted by Gasteiger charge is -2.35. The van der Waals surface area contributed by atoms with Gasteiger partial charge in [-0.1, -0.05) is 6.07 Å². The topological polar surface area (TPSA) is 68.8 Å². The molecule has 0 unspecified atom stereocenters. The van der Waals surface area contributed by atoms with E-state index in [-0.39, 0.29) is 17.9 Å². The van der Waals surface area contributed by atoms with E-state index >= 15 is 0 Å². The highest BCUT2D eigenvalue weighted by atomic mass is 19.1. The maximum atomic E-state index is 14.7. The molecule has 9 heteroatoms. The normalized spacial score (nSPS) is 14.8. The number of hydrogen-bond donors (Lipinski definition) is 1. The predicted molar refractivity (Wildman–Crippen MR) is 104 cm³/mol. The smallest absolute Gasteiger partial charge is 0.137 e. The molecular weight excluding hydrogens is 395 g/mol.